The van der Waals surface area contributed by atoms with Crippen molar-refractivity contribution in [2.75, 3.05) is 13.2 Å². The molecule has 0 saturated carbocycles. The Morgan fingerprint density at radius 3 is 3.07 bits per heavy atom. The van der Waals surface area contributed by atoms with Gasteiger partial charge in [-0.15, -0.1) is 0 Å². The molecule has 1 aromatic carbocycles. The molecule has 72 valence electrons. The van der Waals surface area contributed by atoms with Gasteiger partial charge < -0.3 is 5.11 Å². The smallest absolute Gasteiger partial charge is 0.309 e. The third kappa shape index (κ3) is 1.64. The summed E-state index contributed by atoms with van der Waals surface area (Å²) in [5.41, 5.74) is 0. The fourth-order valence-corrected chi connectivity index (χ4v) is 1.52. The number of nitrogens with zero attached hydrogens (tertiary/aromatic N) is 2. The quantitative estimate of drug-likeness (QED) is 0.639. The van der Waals surface area contributed by atoms with E-state index in [4.69, 9.17) is 5.11 Å². The maximum absolute atomic E-state index is 10.4. The molecule has 0 unspecified atom stereocenters. The Labute approximate surface area is 80.8 Å². The Morgan fingerprint density at radius 2 is 2.29 bits per heavy atom. The molecule has 0 fully saturated rings. The van der Waals surface area contributed by atoms with E-state index in [1.807, 2.05) is 28.8 Å². The van der Waals surface area contributed by atoms with Gasteiger partial charge in [-0.05, 0) is 6.07 Å². The molecule has 1 aromatic rings. The number of carbonyl (C=O) groups is 1. The summed E-state index contributed by atoms with van der Waals surface area (Å²) in [7, 11) is 0. The van der Waals surface area contributed by atoms with Gasteiger partial charge in [-0.2, -0.15) is 0 Å². The molecule has 0 amide bonds. The maximum Gasteiger partial charge on any atom is 0.309 e. The zero-order chi connectivity index (χ0) is 9.97. The van der Waals surface area contributed by atoms with Crippen molar-refractivity contribution in [2.45, 2.75) is 6.42 Å². The molecule has 14 heavy (non-hydrogen) atoms. The van der Waals surface area contributed by atoms with Crippen LogP contribution in [0.25, 0.3) is 0 Å². The van der Waals surface area contributed by atoms with E-state index in [0.29, 0.717) is 13.2 Å². The highest BCUT2D eigenvalue weighted by Crippen LogP contribution is 1.84. The first-order valence-corrected chi connectivity index (χ1v) is 4.50. The predicted molar refractivity (Wildman–Crippen MR) is 50.4 cm³/mol. The molecule has 4 heteroatoms. The van der Waals surface area contributed by atoms with Gasteiger partial charge in [0.15, 0.2) is 6.54 Å². The maximum atomic E-state index is 10.4. The summed E-state index contributed by atoms with van der Waals surface area (Å²) < 4.78 is 1.98. The Bertz CT molecular complexity index is 479. The van der Waals surface area contributed by atoms with Crippen LogP contribution in [0.5, 0.6) is 0 Å². The summed E-state index contributed by atoms with van der Waals surface area (Å²) >= 11 is 0. The normalized spacial score (nSPS) is 13.6. The van der Waals surface area contributed by atoms with Gasteiger partial charge in [-0.3, -0.25) is 4.79 Å². The molecule has 1 heterocycles. The number of rotatable bonds is 3. The topological polar surface area (TPSA) is 52.7 Å². The molecule has 0 bridgehead atoms. The first-order valence-electron chi connectivity index (χ1n) is 4.50. The van der Waals surface area contributed by atoms with Gasteiger partial charge in [0, 0.05) is 6.07 Å². The van der Waals surface area contributed by atoms with Crippen LogP contribution in [-0.2, 0) is 4.79 Å². The van der Waals surface area contributed by atoms with Crippen molar-refractivity contribution in [3.8, 4) is 0 Å². The number of hydrogen-bond acceptors (Lipinski definition) is 2. The molecule has 0 radical (unpaired) electrons. The molecular formula is C10H11N2O2+. The van der Waals surface area contributed by atoms with Crippen LogP contribution < -0.4 is 15.3 Å². The van der Waals surface area contributed by atoms with E-state index in [9.17, 15) is 4.79 Å². The van der Waals surface area contributed by atoms with E-state index in [-0.39, 0.29) is 6.42 Å². The van der Waals surface area contributed by atoms with E-state index in [1.54, 1.807) is 0 Å². The Kier molecular flexibility index (Phi) is 2.26. The van der Waals surface area contributed by atoms with Crippen LogP contribution in [0.4, 0.5) is 0 Å². The zero-order valence-corrected chi connectivity index (χ0v) is 7.68. The van der Waals surface area contributed by atoms with Crippen molar-refractivity contribution in [3.05, 3.63) is 35.0 Å². The summed E-state index contributed by atoms with van der Waals surface area (Å²) in [5.74, 6) is -0.769. The van der Waals surface area contributed by atoms with Crippen LogP contribution in [0.1, 0.15) is 6.42 Å². The summed E-state index contributed by atoms with van der Waals surface area (Å²) in [6.45, 7) is 1.10. The highest BCUT2D eigenvalue weighted by Gasteiger charge is 2.13. The minimum atomic E-state index is -0.769. The first kappa shape index (κ1) is 8.87. The van der Waals surface area contributed by atoms with Crippen molar-refractivity contribution in [2.24, 2.45) is 4.99 Å². The lowest BCUT2D eigenvalue weighted by atomic mass is 10.3. The SMILES string of the molecule is O=C(O)CC[N+]1=c2ccccc2=NC1. The van der Waals surface area contributed by atoms with Crippen LogP contribution in [0.15, 0.2) is 29.3 Å². The molecule has 0 aromatic heterocycles. The molecule has 4 nitrogen and oxygen atoms in total. The molecular weight excluding hydrogens is 180 g/mol. The fraction of sp³-hybridized carbons (Fsp3) is 0.300. The first-order chi connectivity index (χ1) is 6.77. The van der Waals surface area contributed by atoms with Gasteiger partial charge in [0.25, 0.3) is 0 Å². The number of hydrogen-bond donors (Lipinski definition) is 1. The molecule has 0 spiro atoms. The van der Waals surface area contributed by atoms with Crippen LogP contribution in [0.3, 0.4) is 0 Å². The Hall–Kier alpha value is -1.71. The largest absolute Gasteiger partial charge is 0.481 e. The molecule has 2 rings (SSSR count). The monoisotopic (exact) mass is 191 g/mol. The van der Waals surface area contributed by atoms with Gasteiger partial charge in [-0.25, -0.2) is 9.57 Å². The third-order valence-corrected chi connectivity index (χ3v) is 2.23. The highest BCUT2D eigenvalue weighted by atomic mass is 16.4. The van der Waals surface area contributed by atoms with Crippen molar-refractivity contribution in [1.29, 1.82) is 0 Å². The number of para-hydroxylation sites is 2. The molecule has 0 aliphatic carbocycles. The Balaban J connectivity index is 2.31. The van der Waals surface area contributed by atoms with Crippen LogP contribution in [0, 0.1) is 0 Å². The highest BCUT2D eigenvalue weighted by molar-refractivity contribution is 5.66. The lowest BCUT2D eigenvalue weighted by Gasteiger charge is -1.93. The van der Waals surface area contributed by atoms with Crippen molar-refractivity contribution < 1.29 is 9.90 Å². The van der Waals surface area contributed by atoms with Gasteiger partial charge in [0.1, 0.15) is 11.8 Å². The lowest BCUT2D eigenvalue weighted by Crippen LogP contribution is -2.34. The van der Waals surface area contributed by atoms with Crippen LogP contribution in [0.2, 0.25) is 0 Å². The number of aliphatic carboxylic acids is 1. The average molecular weight is 191 g/mol. The standard InChI is InChI=1S/C10H10N2O2/c13-10(14)5-6-12-7-11-8-3-1-2-4-9(8)12/h1-4H,5-7H2/p+1. The van der Waals surface area contributed by atoms with E-state index in [2.05, 4.69) is 4.99 Å². The minimum absolute atomic E-state index is 0.157. The fourth-order valence-electron chi connectivity index (χ4n) is 1.52. The van der Waals surface area contributed by atoms with Crippen LogP contribution in [-0.4, -0.2) is 24.3 Å². The molecule has 0 atom stereocenters. The summed E-state index contributed by atoms with van der Waals surface area (Å²) in [6, 6.07) is 7.78. The lowest BCUT2D eigenvalue weighted by molar-refractivity contribution is -0.136. The molecule has 1 aliphatic rings. The molecule has 1 aliphatic heterocycles. The van der Waals surface area contributed by atoms with Gasteiger partial charge in [0.2, 0.25) is 12.0 Å². The molecule has 1 N–H and O–H groups in total. The van der Waals surface area contributed by atoms with Gasteiger partial charge in [-0.1, -0.05) is 12.1 Å². The second-order valence-electron chi connectivity index (χ2n) is 3.20. The Morgan fingerprint density at radius 1 is 1.50 bits per heavy atom. The second-order valence-corrected chi connectivity index (χ2v) is 3.20. The predicted octanol–water partition coefficient (Wildman–Crippen LogP) is -0.757. The van der Waals surface area contributed by atoms with Gasteiger partial charge in [0.05, 0.1) is 0 Å². The minimum Gasteiger partial charge on any atom is -0.481 e. The average Bonchev–Trinajstić information content (AvgIpc) is 2.58. The number of carboxylic acids is 1. The van der Waals surface area contributed by atoms with Crippen LogP contribution >= 0.6 is 0 Å². The second kappa shape index (κ2) is 3.57. The summed E-state index contributed by atoms with van der Waals surface area (Å²) in [4.78, 5) is 14.7. The van der Waals surface area contributed by atoms with E-state index < -0.39 is 5.97 Å². The van der Waals surface area contributed by atoms with Crippen molar-refractivity contribution in [3.63, 3.8) is 0 Å². The summed E-state index contributed by atoms with van der Waals surface area (Å²) in [6.07, 6.45) is 0.157. The van der Waals surface area contributed by atoms with Crippen molar-refractivity contribution >= 4 is 5.97 Å². The zero-order valence-electron chi connectivity index (χ0n) is 7.68. The number of fused-ring (bicyclic) bond motifs is 1. The van der Waals surface area contributed by atoms with E-state index >= 15 is 0 Å². The van der Waals surface area contributed by atoms with Crippen molar-refractivity contribution in [1.82, 2.24) is 4.58 Å². The van der Waals surface area contributed by atoms with E-state index in [1.165, 1.54) is 0 Å². The number of carboxylic acid groups (broad SMARTS) is 1. The number of benzene rings is 1. The van der Waals surface area contributed by atoms with E-state index in [0.717, 1.165) is 10.7 Å². The summed E-state index contributed by atoms with van der Waals surface area (Å²) in [5, 5.41) is 10.6. The third-order valence-electron chi connectivity index (χ3n) is 2.23. The van der Waals surface area contributed by atoms with Gasteiger partial charge >= 0.3 is 5.97 Å². The molecule has 0 saturated heterocycles.